The van der Waals surface area contributed by atoms with Crippen LogP contribution in [0.25, 0.3) is 0 Å². The molecule has 0 aliphatic rings. The largest absolute Gasteiger partial charge is 0.370 e. The van der Waals surface area contributed by atoms with Crippen LogP contribution in [0.4, 0.5) is 10.1 Å². The summed E-state index contributed by atoms with van der Waals surface area (Å²) in [6.07, 6.45) is 0. The Morgan fingerprint density at radius 3 is 2.75 bits per heavy atom. The van der Waals surface area contributed by atoms with Gasteiger partial charge in [0, 0.05) is 18.7 Å². The van der Waals surface area contributed by atoms with E-state index in [4.69, 9.17) is 10.5 Å². The molecule has 0 radical (unpaired) electrons. The zero-order valence-electron chi connectivity index (χ0n) is 10.3. The molecule has 3 N–H and O–H groups in total. The van der Waals surface area contributed by atoms with Gasteiger partial charge in [0.15, 0.2) is 0 Å². The number of ether oxygens (including phenoxy) is 1. The fraction of sp³-hybridized carbons (Fsp3) is 0.273. The second-order valence-corrected chi connectivity index (χ2v) is 3.70. The molecule has 0 atom stereocenters. The molecule has 9 heteroatoms. The summed E-state index contributed by atoms with van der Waals surface area (Å²) in [5.41, 5.74) is 4.00. The Kier molecular flexibility index (Phi) is 5.54. The molecule has 0 aliphatic carbocycles. The van der Waals surface area contributed by atoms with Crippen molar-refractivity contribution >= 4 is 17.5 Å². The van der Waals surface area contributed by atoms with Crippen LogP contribution in [0.15, 0.2) is 18.2 Å². The molecule has 20 heavy (non-hydrogen) atoms. The average molecular weight is 285 g/mol. The van der Waals surface area contributed by atoms with Crippen LogP contribution in [-0.2, 0) is 9.53 Å². The van der Waals surface area contributed by atoms with Crippen LogP contribution in [-0.4, -0.2) is 36.5 Å². The Balaban J connectivity index is 2.57. The Hall–Kier alpha value is -2.55. The van der Waals surface area contributed by atoms with E-state index in [2.05, 4.69) is 5.32 Å². The number of nitrogens with one attached hydrogen (secondary N) is 1. The molecule has 0 saturated carbocycles. The van der Waals surface area contributed by atoms with Crippen molar-refractivity contribution in [2.24, 2.45) is 5.73 Å². The summed E-state index contributed by atoms with van der Waals surface area (Å²) in [5.74, 6) is -2.33. The van der Waals surface area contributed by atoms with Crippen molar-refractivity contribution in [2.75, 3.05) is 19.8 Å². The smallest absolute Gasteiger partial charge is 0.270 e. The average Bonchev–Trinajstić information content (AvgIpc) is 2.37. The number of hydrogen-bond acceptors (Lipinski definition) is 5. The number of nitro groups is 1. The van der Waals surface area contributed by atoms with E-state index in [1.54, 1.807) is 0 Å². The number of benzene rings is 1. The minimum absolute atomic E-state index is 0.00518. The van der Waals surface area contributed by atoms with Crippen LogP contribution in [0.3, 0.4) is 0 Å². The van der Waals surface area contributed by atoms with Crippen molar-refractivity contribution in [3.8, 4) is 0 Å². The molecule has 0 saturated heterocycles. The van der Waals surface area contributed by atoms with Crippen molar-refractivity contribution < 1.29 is 23.6 Å². The van der Waals surface area contributed by atoms with E-state index in [0.29, 0.717) is 0 Å². The number of carbonyl (C=O) groups excluding carboxylic acids is 2. The molecule has 0 aliphatic heterocycles. The third-order valence-electron chi connectivity index (χ3n) is 2.18. The van der Waals surface area contributed by atoms with Crippen LogP contribution in [0, 0.1) is 15.9 Å². The first-order chi connectivity index (χ1) is 9.41. The number of non-ortho nitro benzene ring substituents is 1. The summed E-state index contributed by atoms with van der Waals surface area (Å²) in [7, 11) is 0. The molecule has 8 nitrogen and oxygen atoms in total. The monoisotopic (exact) mass is 285 g/mol. The predicted molar refractivity (Wildman–Crippen MR) is 65.4 cm³/mol. The second-order valence-electron chi connectivity index (χ2n) is 3.70. The van der Waals surface area contributed by atoms with Crippen molar-refractivity contribution in [2.45, 2.75) is 0 Å². The third kappa shape index (κ3) is 4.61. The number of nitrogens with zero attached hydrogens (tertiary/aromatic N) is 1. The molecular formula is C11H12FN3O5. The highest BCUT2D eigenvalue weighted by Crippen LogP contribution is 2.16. The van der Waals surface area contributed by atoms with Gasteiger partial charge in [0.2, 0.25) is 5.91 Å². The van der Waals surface area contributed by atoms with E-state index in [-0.39, 0.29) is 25.4 Å². The minimum atomic E-state index is -0.869. The minimum Gasteiger partial charge on any atom is -0.370 e. The lowest BCUT2D eigenvalue weighted by atomic mass is 10.1. The van der Waals surface area contributed by atoms with Gasteiger partial charge in [-0.15, -0.1) is 0 Å². The van der Waals surface area contributed by atoms with Gasteiger partial charge in [-0.25, -0.2) is 4.39 Å². The molecule has 0 unspecified atom stereocenters. The number of amides is 2. The normalized spacial score (nSPS) is 10.1. The Labute approximate surface area is 112 Å². The summed E-state index contributed by atoms with van der Waals surface area (Å²) in [6.45, 7) is -0.277. The summed E-state index contributed by atoms with van der Waals surface area (Å²) >= 11 is 0. The molecule has 108 valence electrons. The van der Waals surface area contributed by atoms with Gasteiger partial charge in [-0.2, -0.15) is 0 Å². The molecule has 1 aromatic carbocycles. The SMILES string of the molecule is NC(=O)COCCNC(=O)c1cc([N+](=O)[O-])ccc1F. The number of nitro benzene ring substituents is 1. The summed E-state index contributed by atoms with van der Waals surface area (Å²) in [6, 6.07) is 2.65. The molecule has 0 heterocycles. The molecule has 0 spiro atoms. The zero-order chi connectivity index (χ0) is 15.1. The Morgan fingerprint density at radius 1 is 1.45 bits per heavy atom. The number of hydrogen-bond donors (Lipinski definition) is 2. The lowest BCUT2D eigenvalue weighted by Crippen LogP contribution is -2.29. The number of carbonyl (C=O) groups is 2. The Morgan fingerprint density at radius 2 is 2.15 bits per heavy atom. The molecule has 1 aromatic rings. The van der Waals surface area contributed by atoms with E-state index in [9.17, 15) is 24.1 Å². The van der Waals surface area contributed by atoms with Crippen LogP contribution < -0.4 is 11.1 Å². The van der Waals surface area contributed by atoms with Gasteiger partial charge >= 0.3 is 0 Å². The van der Waals surface area contributed by atoms with E-state index in [1.165, 1.54) is 0 Å². The first kappa shape index (κ1) is 15.5. The lowest BCUT2D eigenvalue weighted by Gasteiger charge is -2.06. The maximum atomic E-state index is 13.4. The van der Waals surface area contributed by atoms with Crippen molar-refractivity contribution in [3.63, 3.8) is 0 Å². The summed E-state index contributed by atoms with van der Waals surface area (Å²) < 4.78 is 18.2. The zero-order valence-corrected chi connectivity index (χ0v) is 10.3. The fourth-order valence-corrected chi connectivity index (χ4v) is 1.31. The number of primary amides is 1. The highest BCUT2D eigenvalue weighted by Gasteiger charge is 2.16. The third-order valence-corrected chi connectivity index (χ3v) is 2.18. The van der Waals surface area contributed by atoms with Crippen LogP contribution in [0.2, 0.25) is 0 Å². The maximum Gasteiger partial charge on any atom is 0.270 e. The molecule has 0 bridgehead atoms. The number of nitrogens with two attached hydrogens (primary N) is 1. The topological polar surface area (TPSA) is 125 Å². The number of rotatable bonds is 7. The van der Waals surface area contributed by atoms with Gasteiger partial charge in [0.05, 0.1) is 17.1 Å². The van der Waals surface area contributed by atoms with Gasteiger partial charge in [-0.3, -0.25) is 19.7 Å². The highest BCUT2D eigenvalue weighted by molar-refractivity contribution is 5.95. The summed E-state index contributed by atoms with van der Waals surface area (Å²) in [5, 5.41) is 12.8. The van der Waals surface area contributed by atoms with E-state index in [0.717, 1.165) is 18.2 Å². The summed E-state index contributed by atoms with van der Waals surface area (Å²) in [4.78, 5) is 31.8. The van der Waals surface area contributed by atoms with E-state index in [1.807, 2.05) is 0 Å². The van der Waals surface area contributed by atoms with Gasteiger partial charge in [0.25, 0.3) is 11.6 Å². The van der Waals surface area contributed by atoms with Crippen molar-refractivity contribution in [1.29, 1.82) is 0 Å². The molecular weight excluding hydrogens is 273 g/mol. The van der Waals surface area contributed by atoms with Gasteiger partial charge in [-0.05, 0) is 6.07 Å². The van der Waals surface area contributed by atoms with E-state index < -0.39 is 28.1 Å². The molecule has 0 aromatic heterocycles. The second kappa shape index (κ2) is 7.14. The highest BCUT2D eigenvalue weighted by atomic mass is 19.1. The number of halogens is 1. The quantitative estimate of drug-likeness (QED) is 0.413. The van der Waals surface area contributed by atoms with Crippen LogP contribution in [0.5, 0.6) is 0 Å². The maximum absolute atomic E-state index is 13.4. The van der Waals surface area contributed by atoms with Crippen molar-refractivity contribution in [1.82, 2.24) is 5.32 Å². The molecule has 2 amide bonds. The molecule has 0 fully saturated rings. The standard InChI is InChI=1S/C11H12FN3O5/c12-9-2-1-7(15(18)19)5-8(9)11(17)14-3-4-20-6-10(13)16/h1-2,5H,3-4,6H2,(H2,13,16)(H,14,17). The van der Waals surface area contributed by atoms with Crippen LogP contribution in [0.1, 0.15) is 10.4 Å². The lowest BCUT2D eigenvalue weighted by molar-refractivity contribution is -0.384. The van der Waals surface area contributed by atoms with E-state index >= 15 is 0 Å². The van der Waals surface area contributed by atoms with Gasteiger partial charge in [-0.1, -0.05) is 0 Å². The first-order valence-electron chi connectivity index (χ1n) is 5.50. The van der Waals surface area contributed by atoms with Gasteiger partial charge < -0.3 is 15.8 Å². The molecule has 1 rings (SSSR count). The van der Waals surface area contributed by atoms with Gasteiger partial charge in [0.1, 0.15) is 12.4 Å². The van der Waals surface area contributed by atoms with Crippen LogP contribution >= 0.6 is 0 Å². The Bertz CT molecular complexity index is 535. The van der Waals surface area contributed by atoms with Crippen molar-refractivity contribution in [3.05, 3.63) is 39.7 Å². The first-order valence-corrected chi connectivity index (χ1v) is 5.50. The predicted octanol–water partition coefficient (Wildman–Crippen LogP) is -0.0344. The fourth-order valence-electron chi connectivity index (χ4n) is 1.31.